The van der Waals surface area contributed by atoms with Gasteiger partial charge in [0, 0.05) is 45.8 Å². The van der Waals surface area contributed by atoms with E-state index in [1.54, 1.807) is 12.1 Å². The van der Waals surface area contributed by atoms with E-state index in [0.29, 0.717) is 24.8 Å². The maximum absolute atomic E-state index is 13.8. The molecule has 45 heavy (non-hydrogen) atoms. The van der Waals surface area contributed by atoms with Crippen molar-refractivity contribution in [3.05, 3.63) is 112 Å². The summed E-state index contributed by atoms with van der Waals surface area (Å²) in [6, 6.07) is 26.6. The van der Waals surface area contributed by atoms with Gasteiger partial charge in [-0.3, -0.25) is 0 Å². The molecule has 7 rings (SSSR count). The Bertz CT molecular complexity index is 1960. The molecule has 1 fully saturated rings. The van der Waals surface area contributed by atoms with E-state index in [1.807, 2.05) is 66.2 Å². The molecule has 1 saturated heterocycles. The van der Waals surface area contributed by atoms with Gasteiger partial charge in [0.05, 0.1) is 17.9 Å². The lowest BCUT2D eigenvalue weighted by molar-refractivity contribution is -0.0446. The summed E-state index contributed by atoms with van der Waals surface area (Å²) in [7, 11) is 0. The summed E-state index contributed by atoms with van der Waals surface area (Å²) in [5.74, 6) is 0.871. The Labute approximate surface area is 275 Å². The Hall–Kier alpha value is -3.40. The summed E-state index contributed by atoms with van der Waals surface area (Å²) in [4.78, 5) is 5.16. The van der Waals surface area contributed by atoms with Crippen LogP contribution in [0.25, 0.3) is 22.6 Å². The normalized spacial score (nSPS) is 21.7. The second-order valence-corrected chi connectivity index (χ2v) is 16.2. The zero-order chi connectivity index (χ0) is 31.5. The average molecular weight is 705 g/mol. The molecule has 0 aliphatic carbocycles. The SMILES string of the molecule is Cc1cc(-c2nn(-c3ccccc3)c3c2P(=S)(N2CC(C)OC(C)C2)OC(c2ccc(Br)cc2)=N3)c(C)n1-c1ccc(F)cc1. The number of hydrogen-bond donors (Lipinski definition) is 0. The number of para-hydroxylation sites is 1. The largest absolute Gasteiger partial charge is 0.431 e. The van der Waals surface area contributed by atoms with E-state index in [4.69, 9.17) is 31.2 Å². The lowest BCUT2D eigenvalue weighted by Gasteiger charge is -2.42. The predicted molar refractivity (Wildman–Crippen MR) is 185 cm³/mol. The number of halogens is 2. The van der Waals surface area contributed by atoms with Crippen LogP contribution >= 0.6 is 22.3 Å². The first-order valence-electron chi connectivity index (χ1n) is 14.8. The molecule has 3 unspecified atom stereocenters. The average Bonchev–Trinajstić information content (AvgIpc) is 3.55. The second kappa shape index (κ2) is 11.8. The molecule has 3 aromatic carbocycles. The van der Waals surface area contributed by atoms with Gasteiger partial charge in [-0.05, 0) is 106 Å². The smallest absolute Gasteiger partial charge is 0.227 e. The van der Waals surface area contributed by atoms with Crippen molar-refractivity contribution in [2.75, 3.05) is 13.1 Å². The Morgan fingerprint density at radius 3 is 2.24 bits per heavy atom. The molecular formula is C34H32BrFN5O2PS. The zero-order valence-corrected chi connectivity index (χ0v) is 28.6. The van der Waals surface area contributed by atoms with Crippen molar-refractivity contribution in [3.8, 4) is 22.6 Å². The van der Waals surface area contributed by atoms with Crippen molar-refractivity contribution < 1.29 is 13.7 Å². The van der Waals surface area contributed by atoms with Gasteiger partial charge in [-0.15, -0.1) is 0 Å². The van der Waals surface area contributed by atoms with Crippen LogP contribution < -0.4 is 5.30 Å². The molecule has 0 bridgehead atoms. The molecule has 2 aromatic heterocycles. The number of morpholine rings is 1. The quantitative estimate of drug-likeness (QED) is 0.174. The van der Waals surface area contributed by atoms with Gasteiger partial charge in [-0.25, -0.2) is 13.7 Å². The topological polar surface area (TPSA) is 56.8 Å². The molecule has 0 radical (unpaired) electrons. The van der Waals surface area contributed by atoms with Crippen LogP contribution in [-0.4, -0.2) is 50.2 Å². The number of aromatic nitrogens is 3. The van der Waals surface area contributed by atoms with Gasteiger partial charge in [0.1, 0.15) is 16.8 Å². The van der Waals surface area contributed by atoms with Crippen LogP contribution in [0, 0.1) is 19.7 Å². The number of fused-ring (bicyclic) bond motifs is 1. The molecule has 11 heteroatoms. The molecular weight excluding hydrogens is 672 g/mol. The number of aryl methyl sites for hydroxylation is 1. The summed E-state index contributed by atoms with van der Waals surface area (Å²) >= 11 is 10.3. The maximum Gasteiger partial charge on any atom is 0.227 e. The van der Waals surface area contributed by atoms with E-state index < -0.39 is 6.42 Å². The minimum Gasteiger partial charge on any atom is -0.431 e. The first-order valence-corrected chi connectivity index (χ1v) is 18.3. The van der Waals surface area contributed by atoms with E-state index in [0.717, 1.165) is 49.4 Å². The molecule has 5 aromatic rings. The zero-order valence-electron chi connectivity index (χ0n) is 25.3. The van der Waals surface area contributed by atoms with Gasteiger partial charge < -0.3 is 13.8 Å². The fourth-order valence-electron chi connectivity index (χ4n) is 6.24. The third kappa shape index (κ3) is 5.42. The molecule has 4 heterocycles. The Morgan fingerprint density at radius 2 is 1.58 bits per heavy atom. The summed E-state index contributed by atoms with van der Waals surface area (Å²) in [5, 5.41) is 6.10. The number of hydrogen-bond acceptors (Lipinski definition) is 5. The van der Waals surface area contributed by atoms with E-state index in [9.17, 15) is 4.39 Å². The monoisotopic (exact) mass is 703 g/mol. The molecule has 0 N–H and O–H groups in total. The van der Waals surface area contributed by atoms with E-state index in [-0.39, 0.29) is 18.0 Å². The molecule has 3 atom stereocenters. The highest BCUT2D eigenvalue weighted by atomic mass is 79.9. The Morgan fingerprint density at radius 1 is 0.911 bits per heavy atom. The number of aliphatic imine (C=N–C) groups is 1. The molecule has 2 aliphatic rings. The molecule has 0 spiro atoms. The fourth-order valence-corrected chi connectivity index (χ4v) is 10.2. The van der Waals surface area contributed by atoms with Crippen molar-refractivity contribution in [2.24, 2.45) is 4.99 Å². The third-order valence-corrected chi connectivity index (χ3v) is 12.6. The van der Waals surface area contributed by atoms with Crippen LogP contribution in [0.1, 0.15) is 30.8 Å². The first-order chi connectivity index (χ1) is 21.6. The van der Waals surface area contributed by atoms with Gasteiger partial charge in [0.15, 0.2) is 5.82 Å². The first kappa shape index (κ1) is 30.3. The van der Waals surface area contributed by atoms with Crippen molar-refractivity contribution >= 4 is 51.2 Å². The van der Waals surface area contributed by atoms with Gasteiger partial charge in [0.2, 0.25) is 12.3 Å². The third-order valence-electron chi connectivity index (χ3n) is 8.17. The lowest BCUT2D eigenvalue weighted by atomic mass is 10.2. The number of nitrogens with zero attached hydrogens (tertiary/aromatic N) is 5. The van der Waals surface area contributed by atoms with Gasteiger partial charge >= 0.3 is 0 Å². The Balaban J connectivity index is 1.51. The minimum absolute atomic E-state index is 0.0215. The van der Waals surface area contributed by atoms with E-state index in [1.165, 1.54) is 12.1 Å². The summed E-state index contributed by atoms with van der Waals surface area (Å²) < 4.78 is 34.2. The second-order valence-electron chi connectivity index (χ2n) is 11.5. The van der Waals surface area contributed by atoms with Crippen LogP contribution in [-0.2, 0) is 21.1 Å². The summed E-state index contributed by atoms with van der Waals surface area (Å²) in [5.41, 5.74) is 6.21. The van der Waals surface area contributed by atoms with Crippen molar-refractivity contribution in [1.82, 2.24) is 19.0 Å². The van der Waals surface area contributed by atoms with Crippen LogP contribution in [0.4, 0.5) is 10.2 Å². The Kier molecular flexibility index (Phi) is 7.90. The molecule has 0 amide bonds. The molecule has 0 saturated carbocycles. The van der Waals surface area contributed by atoms with Crippen molar-refractivity contribution in [2.45, 2.75) is 39.9 Å². The lowest BCUT2D eigenvalue weighted by Crippen LogP contribution is -2.46. The van der Waals surface area contributed by atoms with Crippen molar-refractivity contribution in [3.63, 3.8) is 0 Å². The van der Waals surface area contributed by atoms with Crippen LogP contribution in [0.5, 0.6) is 0 Å². The number of ether oxygens (including phenoxy) is 1. The highest BCUT2D eigenvalue weighted by Gasteiger charge is 2.45. The predicted octanol–water partition coefficient (Wildman–Crippen LogP) is 8.00. The van der Waals surface area contributed by atoms with Gasteiger partial charge in [0.25, 0.3) is 0 Å². The number of rotatable bonds is 5. The minimum atomic E-state index is -2.99. The maximum atomic E-state index is 13.8. The highest BCUT2D eigenvalue weighted by Crippen LogP contribution is 2.58. The van der Waals surface area contributed by atoms with Crippen LogP contribution in [0.15, 0.2) is 94.4 Å². The van der Waals surface area contributed by atoms with Gasteiger partial charge in [-0.1, -0.05) is 34.1 Å². The standard InChI is InChI=1S/C34H32BrFN5O2PS/c1-21-18-30(24(4)40(21)28-16-14-27(36)15-17-28)31-32-33(41(38-31)29-8-6-5-7-9-29)37-34(25-10-12-26(35)13-11-25)43-44(32,45)39-19-22(2)42-23(3)20-39/h5-18,22-23H,19-20H2,1-4H3. The van der Waals surface area contributed by atoms with Gasteiger partial charge in [-0.2, -0.15) is 10.1 Å². The van der Waals surface area contributed by atoms with E-state index >= 15 is 0 Å². The van der Waals surface area contributed by atoms with Crippen molar-refractivity contribution in [1.29, 1.82) is 0 Å². The number of benzene rings is 3. The van der Waals surface area contributed by atoms with Crippen LogP contribution in [0.2, 0.25) is 0 Å². The summed E-state index contributed by atoms with van der Waals surface area (Å²) in [6.45, 7) is 9.50. The molecule has 7 nitrogen and oxygen atoms in total. The molecule has 230 valence electrons. The highest BCUT2D eigenvalue weighted by molar-refractivity contribution is 9.10. The van der Waals surface area contributed by atoms with Crippen LogP contribution in [0.3, 0.4) is 0 Å². The fraction of sp³-hybridized carbons (Fsp3) is 0.235. The molecule has 2 aliphatic heterocycles. The summed E-state index contributed by atoms with van der Waals surface area (Å²) in [6.07, 6.45) is -3.03. The van der Waals surface area contributed by atoms with E-state index in [2.05, 4.69) is 52.0 Å².